The Morgan fingerprint density at radius 1 is 1.67 bits per heavy atom. The molecule has 0 aliphatic heterocycles. The first-order valence-electron chi connectivity index (χ1n) is 2.66. The number of aryl methyl sites for hydroxylation is 2. The van der Waals surface area contributed by atoms with Gasteiger partial charge in [0.15, 0.2) is 5.82 Å². The van der Waals surface area contributed by atoms with Crippen molar-refractivity contribution in [3.8, 4) is 0 Å². The Morgan fingerprint density at radius 2 is 2.44 bits per heavy atom. The van der Waals surface area contributed by atoms with Gasteiger partial charge in [-0.3, -0.25) is 0 Å². The summed E-state index contributed by atoms with van der Waals surface area (Å²) in [5, 5.41) is 11.4. The summed E-state index contributed by atoms with van der Waals surface area (Å²) in [6.07, 6.45) is 0.789. The van der Waals surface area contributed by atoms with Crippen LogP contribution in [0.3, 0.4) is 0 Å². The van der Waals surface area contributed by atoms with Gasteiger partial charge in [0.1, 0.15) is 0 Å². The van der Waals surface area contributed by atoms with Crippen molar-refractivity contribution in [1.82, 2.24) is 20.2 Å². The van der Waals surface area contributed by atoms with Crippen LogP contribution in [0.1, 0.15) is 5.82 Å². The zero-order chi connectivity index (χ0) is 6.69. The second kappa shape index (κ2) is 2.82. The van der Waals surface area contributed by atoms with E-state index in [1.165, 1.54) is 4.80 Å². The monoisotopic (exact) mass is 144 g/mol. The molecule has 0 fully saturated rings. The Hall–Kier alpha value is -0.580. The van der Waals surface area contributed by atoms with Crippen molar-refractivity contribution in [3.05, 3.63) is 5.82 Å². The van der Waals surface area contributed by atoms with E-state index in [1.807, 2.05) is 0 Å². The largest absolute Gasteiger partial charge is 0.179 e. The van der Waals surface area contributed by atoms with Crippen LogP contribution in [0, 0.1) is 0 Å². The van der Waals surface area contributed by atoms with Gasteiger partial charge in [0.25, 0.3) is 0 Å². The van der Waals surface area contributed by atoms with E-state index in [0.717, 1.165) is 18.0 Å². The van der Waals surface area contributed by atoms with Crippen LogP contribution >= 0.6 is 12.6 Å². The first-order chi connectivity index (χ1) is 4.33. The lowest BCUT2D eigenvalue weighted by Gasteiger charge is -1.82. The molecular weight excluding hydrogens is 136 g/mol. The quantitative estimate of drug-likeness (QED) is 0.579. The minimum Gasteiger partial charge on any atom is -0.179 e. The fourth-order valence-electron chi connectivity index (χ4n) is 0.523. The van der Waals surface area contributed by atoms with Crippen molar-refractivity contribution >= 4 is 12.6 Å². The predicted octanol–water partition coefficient (Wildman–Crippen LogP) is -0.318. The standard InChI is InChI=1S/C4H8N4S/c1-8-6-4(2-3-9)5-7-8/h9H,2-3H2,1H3. The summed E-state index contributed by atoms with van der Waals surface area (Å²) in [6.45, 7) is 0. The van der Waals surface area contributed by atoms with E-state index in [-0.39, 0.29) is 0 Å². The lowest BCUT2D eigenvalue weighted by atomic mass is 10.5. The zero-order valence-corrected chi connectivity index (χ0v) is 6.04. The molecular formula is C4H8N4S. The van der Waals surface area contributed by atoms with Gasteiger partial charge in [-0.1, -0.05) is 0 Å². The maximum absolute atomic E-state index is 4.02. The molecule has 0 aromatic carbocycles. The number of nitrogens with zero attached hydrogens (tertiary/aromatic N) is 4. The molecule has 0 atom stereocenters. The number of hydrogen-bond donors (Lipinski definition) is 1. The Morgan fingerprint density at radius 3 is 2.89 bits per heavy atom. The average molecular weight is 144 g/mol. The highest BCUT2D eigenvalue weighted by molar-refractivity contribution is 7.80. The topological polar surface area (TPSA) is 43.6 Å². The summed E-state index contributed by atoms with van der Waals surface area (Å²) < 4.78 is 0. The molecule has 0 radical (unpaired) electrons. The van der Waals surface area contributed by atoms with Gasteiger partial charge in [-0.05, 0) is 11.0 Å². The SMILES string of the molecule is Cn1nnc(CCS)n1. The Balaban J connectivity index is 2.61. The third-order valence-electron chi connectivity index (χ3n) is 0.885. The van der Waals surface area contributed by atoms with Gasteiger partial charge in [0, 0.05) is 6.42 Å². The van der Waals surface area contributed by atoms with Crippen molar-refractivity contribution in [3.63, 3.8) is 0 Å². The third-order valence-corrected chi connectivity index (χ3v) is 1.11. The van der Waals surface area contributed by atoms with Crippen LogP contribution in [0.5, 0.6) is 0 Å². The Kier molecular flexibility index (Phi) is 2.05. The Bertz CT molecular complexity index is 184. The van der Waals surface area contributed by atoms with E-state index in [9.17, 15) is 0 Å². The van der Waals surface area contributed by atoms with Gasteiger partial charge in [0.2, 0.25) is 0 Å². The number of tetrazole rings is 1. The molecule has 1 heterocycles. The summed E-state index contributed by atoms with van der Waals surface area (Å²) >= 11 is 4.02. The van der Waals surface area contributed by atoms with E-state index < -0.39 is 0 Å². The van der Waals surface area contributed by atoms with Crippen LogP contribution in [0.2, 0.25) is 0 Å². The van der Waals surface area contributed by atoms with Crippen molar-refractivity contribution < 1.29 is 0 Å². The number of aromatic nitrogens is 4. The highest BCUT2D eigenvalue weighted by Crippen LogP contribution is 1.87. The fourth-order valence-corrected chi connectivity index (χ4v) is 0.723. The normalized spacial score (nSPS) is 10.0. The van der Waals surface area contributed by atoms with Crippen molar-refractivity contribution in [1.29, 1.82) is 0 Å². The summed E-state index contributed by atoms with van der Waals surface area (Å²) in [5.41, 5.74) is 0. The molecule has 0 saturated carbocycles. The van der Waals surface area contributed by atoms with Crippen molar-refractivity contribution in [2.75, 3.05) is 5.75 Å². The maximum Gasteiger partial charge on any atom is 0.175 e. The number of hydrogen-bond acceptors (Lipinski definition) is 4. The molecule has 0 aliphatic rings. The van der Waals surface area contributed by atoms with Crippen molar-refractivity contribution in [2.24, 2.45) is 7.05 Å². The summed E-state index contributed by atoms with van der Waals surface area (Å²) in [4.78, 5) is 1.44. The summed E-state index contributed by atoms with van der Waals surface area (Å²) in [6, 6.07) is 0. The molecule has 1 aromatic heterocycles. The van der Waals surface area contributed by atoms with Crippen LogP contribution in [-0.4, -0.2) is 26.0 Å². The molecule has 1 rings (SSSR count). The van der Waals surface area contributed by atoms with E-state index in [0.29, 0.717) is 0 Å². The van der Waals surface area contributed by atoms with E-state index in [4.69, 9.17) is 0 Å². The van der Waals surface area contributed by atoms with Crippen LogP contribution in [0.25, 0.3) is 0 Å². The van der Waals surface area contributed by atoms with Crippen LogP contribution in [0.15, 0.2) is 0 Å². The number of thiol groups is 1. The van der Waals surface area contributed by atoms with Crippen LogP contribution in [0.4, 0.5) is 0 Å². The van der Waals surface area contributed by atoms with Gasteiger partial charge >= 0.3 is 0 Å². The van der Waals surface area contributed by atoms with E-state index in [1.54, 1.807) is 7.05 Å². The molecule has 0 N–H and O–H groups in total. The molecule has 9 heavy (non-hydrogen) atoms. The van der Waals surface area contributed by atoms with Crippen LogP contribution in [-0.2, 0) is 13.5 Å². The fraction of sp³-hybridized carbons (Fsp3) is 0.750. The molecule has 0 bridgehead atoms. The summed E-state index contributed by atoms with van der Waals surface area (Å²) in [7, 11) is 1.75. The smallest absolute Gasteiger partial charge is 0.175 e. The highest BCUT2D eigenvalue weighted by Gasteiger charge is 1.95. The maximum atomic E-state index is 4.02. The minimum atomic E-state index is 0.757. The van der Waals surface area contributed by atoms with Gasteiger partial charge in [-0.2, -0.15) is 17.4 Å². The minimum absolute atomic E-state index is 0.757. The average Bonchev–Trinajstić information content (AvgIpc) is 2.17. The van der Waals surface area contributed by atoms with Gasteiger partial charge in [-0.15, -0.1) is 10.2 Å². The molecule has 0 unspecified atom stereocenters. The second-order valence-corrected chi connectivity index (χ2v) is 2.12. The zero-order valence-electron chi connectivity index (χ0n) is 5.15. The van der Waals surface area contributed by atoms with Crippen LogP contribution < -0.4 is 0 Å². The molecule has 0 aliphatic carbocycles. The van der Waals surface area contributed by atoms with Gasteiger partial charge < -0.3 is 0 Å². The molecule has 50 valence electrons. The first kappa shape index (κ1) is 6.54. The van der Waals surface area contributed by atoms with E-state index in [2.05, 4.69) is 28.0 Å². The highest BCUT2D eigenvalue weighted by atomic mass is 32.1. The Labute approximate surface area is 58.7 Å². The molecule has 5 heteroatoms. The predicted molar refractivity (Wildman–Crippen MR) is 36.4 cm³/mol. The molecule has 1 aromatic rings. The lowest BCUT2D eigenvalue weighted by Crippen LogP contribution is -1.93. The van der Waals surface area contributed by atoms with Gasteiger partial charge in [0.05, 0.1) is 7.05 Å². The summed E-state index contributed by atoms with van der Waals surface area (Å²) in [5.74, 6) is 1.53. The van der Waals surface area contributed by atoms with E-state index >= 15 is 0 Å². The molecule has 0 saturated heterocycles. The van der Waals surface area contributed by atoms with Crippen molar-refractivity contribution in [2.45, 2.75) is 6.42 Å². The molecule has 0 spiro atoms. The molecule has 0 amide bonds. The second-order valence-electron chi connectivity index (χ2n) is 1.67. The van der Waals surface area contributed by atoms with Gasteiger partial charge in [-0.25, -0.2) is 0 Å². The molecule has 4 nitrogen and oxygen atoms in total. The lowest BCUT2D eigenvalue weighted by molar-refractivity contribution is 0.628. The first-order valence-corrected chi connectivity index (χ1v) is 3.30. The number of rotatable bonds is 2. The third kappa shape index (κ3) is 1.67.